The third-order valence-electron chi connectivity index (χ3n) is 6.38. The first-order valence-corrected chi connectivity index (χ1v) is 14.3. The van der Waals surface area contributed by atoms with E-state index in [0.29, 0.717) is 13.0 Å². The molecule has 0 spiro atoms. The lowest BCUT2D eigenvalue weighted by atomic mass is 10.1. The smallest absolute Gasteiger partial charge is 0.305 e. The summed E-state index contributed by atoms with van der Waals surface area (Å²) in [7, 11) is 0. The van der Waals surface area contributed by atoms with Crippen LogP contribution in [-0.4, -0.2) is 60.0 Å². The Morgan fingerprint density at radius 1 is 0.727 bits per heavy atom. The van der Waals surface area contributed by atoms with Crippen LogP contribution in [0, 0.1) is 0 Å². The lowest BCUT2D eigenvalue weighted by Crippen LogP contribution is -2.29. The van der Waals surface area contributed by atoms with Crippen LogP contribution in [0.2, 0.25) is 0 Å². The van der Waals surface area contributed by atoms with Crippen molar-refractivity contribution < 1.29 is 19.7 Å². The summed E-state index contributed by atoms with van der Waals surface area (Å²) in [5.74, 6) is -0.0441. The van der Waals surface area contributed by atoms with Gasteiger partial charge in [-0.05, 0) is 52.1 Å². The average Bonchev–Trinajstić information content (AvgIpc) is 2.79. The molecule has 0 aliphatic heterocycles. The molecular formula is C28H57NO4. The lowest BCUT2D eigenvalue weighted by molar-refractivity contribution is -0.143. The summed E-state index contributed by atoms with van der Waals surface area (Å²) in [5, 5.41) is 18.6. The maximum absolute atomic E-state index is 11.9. The van der Waals surface area contributed by atoms with Crippen molar-refractivity contribution in [2.24, 2.45) is 0 Å². The molecule has 198 valence electrons. The van der Waals surface area contributed by atoms with E-state index in [4.69, 9.17) is 4.74 Å². The maximum Gasteiger partial charge on any atom is 0.305 e. The van der Waals surface area contributed by atoms with Crippen LogP contribution in [0.5, 0.6) is 0 Å². The second-order valence-corrected chi connectivity index (χ2v) is 9.83. The van der Waals surface area contributed by atoms with Gasteiger partial charge in [0.25, 0.3) is 0 Å². The van der Waals surface area contributed by atoms with Crippen LogP contribution in [0.25, 0.3) is 0 Å². The monoisotopic (exact) mass is 471 g/mol. The predicted molar refractivity (Wildman–Crippen MR) is 140 cm³/mol. The summed E-state index contributed by atoms with van der Waals surface area (Å²) in [6, 6.07) is 0. The molecule has 0 heterocycles. The van der Waals surface area contributed by atoms with Crippen molar-refractivity contribution in [2.45, 2.75) is 142 Å². The van der Waals surface area contributed by atoms with Crippen LogP contribution in [0.1, 0.15) is 136 Å². The van der Waals surface area contributed by atoms with Gasteiger partial charge >= 0.3 is 5.97 Å². The standard InChI is InChI=1S/C28H57NO4/c1-3-4-5-6-7-8-9-13-19-26-33-28(32)21-16-14-18-23-29(24-25-30)22-17-12-10-11-15-20-27(2)31/h27,30-31H,3-26H2,1-2H3. The Kier molecular flexibility index (Phi) is 25.5. The van der Waals surface area contributed by atoms with E-state index in [-0.39, 0.29) is 18.7 Å². The number of carbonyl (C=O) groups excluding carboxylic acids is 1. The Labute approximate surface area is 205 Å². The van der Waals surface area contributed by atoms with Gasteiger partial charge in [-0.25, -0.2) is 0 Å². The third kappa shape index (κ3) is 25.8. The van der Waals surface area contributed by atoms with Crippen molar-refractivity contribution in [3.63, 3.8) is 0 Å². The average molecular weight is 472 g/mol. The van der Waals surface area contributed by atoms with E-state index >= 15 is 0 Å². The van der Waals surface area contributed by atoms with E-state index in [1.54, 1.807) is 0 Å². The van der Waals surface area contributed by atoms with Gasteiger partial charge in [-0.1, -0.05) is 90.4 Å². The number of nitrogens with zero attached hydrogens (tertiary/aromatic N) is 1. The van der Waals surface area contributed by atoms with E-state index in [9.17, 15) is 15.0 Å². The Bertz CT molecular complexity index is 403. The van der Waals surface area contributed by atoms with Crippen molar-refractivity contribution in [2.75, 3.05) is 32.8 Å². The summed E-state index contributed by atoms with van der Waals surface area (Å²) in [6.07, 6.45) is 21.7. The zero-order valence-electron chi connectivity index (χ0n) is 22.2. The summed E-state index contributed by atoms with van der Waals surface area (Å²) in [6.45, 7) is 7.67. The fraction of sp³-hybridized carbons (Fsp3) is 0.964. The first-order chi connectivity index (χ1) is 16.1. The highest BCUT2D eigenvalue weighted by Crippen LogP contribution is 2.11. The van der Waals surface area contributed by atoms with Crippen molar-refractivity contribution >= 4 is 5.97 Å². The maximum atomic E-state index is 11.9. The predicted octanol–water partition coefficient (Wildman–Crippen LogP) is 6.64. The van der Waals surface area contributed by atoms with Crippen LogP contribution in [0.4, 0.5) is 0 Å². The molecule has 0 aliphatic carbocycles. The molecule has 0 amide bonds. The zero-order valence-corrected chi connectivity index (χ0v) is 22.2. The van der Waals surface area contributed by atoms with E-state index in [1.807, 2.05) is 6.92 Å². The molecule has 0 rings (SSSR count). The van der Waals surface area contributed by atoms with Crippen LogP contribution in [0.3, 0.4) is 0 Å². The SMILES string of the molecule is CCCCCCCCCCCOC(=O)CCCCCN(CCO)CCCCCCCC(C)O. The molecule has 0 saturated heterocycles. The number of carbonyl (C=O) groups is 1. The molecule has 0 bridgehead atoms. The number of unbranched alkanes of at least 4 members (excludes halogenated alkanes) is 14. The minimum Gasteiger partial charge on any atom is -0.466 e. The van der Waals surface area contributed by atoms with E-state index in [2.05, 4.69) is 11.8 Å². The van der Waals surface area contributed by atoms with Crippen molar-refractivity contribution in [3.8, 4) is 0 Å². The van der Waals surface area contributed by atoms with Gasteiger partial charge in [0, 0.05) is 13.0 Å². The molecule has 0 aromatic carbocycles. The number of aliphatic hydroxyl groups excluding tert-OH is 2. The summed E-state index contributed by atoms with van der Waals surface area (Å²) < 4.78 is 5.38. The molecule has 0 radical (unpaired) electrons. The molecule has 0 aromatic heterocycles. The zero-order chi connectivity index (χ0) is 24.4. The molecule has 5 heteroatoms. The van der Waals surface area contributed by atoms with Gasteiger partial charge in [0.1, 0.15) is 0 Å². The third-order valence-corrected chi connectivity index (χ3v) is 6.38. The normalized spacial score (nSPS) is 12.4. The van der Waals surface area contributed by atoms with Crippen molar-refractivity contribution in [3.05, 3.63) is 0 Å². The number of ether oxygens (including phenoxy) is 1. The highest BCUT2D eigenvalue weighted by Gasteiger charge is 2.06. The van der Waals surface area contributed by atoms with E-state index in [0.717, 1.165) is 58.2 Å². The molecular weight excluding hydrogens is 414 g/mol. The van der Waals surface area contributed by atoms with Gasteiger partial charge in [-0.2, -0.15) is 0 Å². The fourth-order valence-electron chi connectivity index (χ4n) is 4.23. The number of hydrogen-bond donors (Lipinski definition) is 2. The number of rotatable bonds is 26. The van der Waals surface area contributed by atoms with Crippen molar-refractivity contribution in [1.82, 2.24) is 4.90 Å². The molecule has 33 heavy (non-hydrogen) atoms. The van der Waals surface area contributed by atoms with Gasteiger partial charge in [0.05, 0.1) is 19.3 Å². The van der Waals surface area contributed by atoms with E-state index in [1.165, 1.54) is 77.0 Å². The lowest BCUT2D eigenvalue weighted by Gasteiger charge is -2.21. The van der Waals surface area contributed by atoms with Crippen LogP contribution >= 0.6 is 0 Å². The second kappa shape index (κ2) is 26.0. The molecule has 0 saturated carbocycles. The minimum absolute atomic E-state index is 0.0441. The largest absolute Gasteiger partial charge is 0.466 e. The van der Waals surface area contributed by atoms with Gasteiger partial charge in [-0.3, -0.25) is 4.79 Å². The molecule has 1 unspecified atom stereocenters. The topological polar surface area (TPSA) is 70.0 Å². The van der Waals surface area contributed by atoms with Gasteiger partial charge in [0.15, 0.2) is 0 Å². The first kappa shape index (κ1) is 32.4. The number of esters is 1. The van der Waals surface area contributed by atoms with Crippen LogP contribution in [0.15, 0.2) is 0 Å². The molecule has 1 atom stereocenters. The van der Waals surface area contributed by atoms with Crippen molar-refractivity contribution in [1.29, 1.82) is 0 Å². The summed E-state index contributed by atoms with van der Waals surface area (Å²) in [5.41, 5.74) is 0. The molecule has 0 aliphatic rings. The number of aliphatic hydroxyl groups is 2. The highest BCUT2D eigenvalue weighted by atomic mass is 16.5. The molecule has 2 N–H and O–H groups in total. The quantitative estimate of drug-likeness (QED) is 0.109. The molecule has 0 aromatic rings. The molecule has 0 fully saturated rings. The Balaban J connectivity index is 3.52. The summed E-state index contributed by atoms with van der Waals surface area (Å²) >= 11 is 0. The summed E-state index contributed by atoms with van der Waals surface area (Å²) in [4.78, 5) is 14.2. The van der Waals surface area contributed by atoms with Gasteiger partial charge in [-0.15, -0.1) is 0 Å². The highest BCUT2D eigenvalue weighted by molar-refractivity contribution is 5.69. The van der Waals surface area contributed by atoms with Crippen LogP contribution in [-0.2, 0) is 9.53 Å². The minimum atomic E-state index is -0.174. The Morgan fingerprint density at radius 3 is 1.82 bits per heavy atom. The fourth-order valence-corrected chi connectivity index (χ4v) is 4.23. The van der Waals surface area contributed by atoms with Gasteiger partial charge < -0.3 is 19.8 Å². The van der Waals surface area contributed by atoms with Crippen LogP contribution < -0.4 is 0 Å². The second-order valence-electron chi connectivity index (χ2n) is 9.83. The van der Waals surface area contributed by atoms with E-state index < -0.39 is 0 Å². The first-order valence-electron chi connectivity index (χ1n) is 14.3. The number of hydrogen-bond acceptors (Lipinski definition) is 5. The Morgan fingerprint density at radius 2 is 1.24 bits per heavy atom. The molecule has 5 nitrogen and oxygen atoms in total. The Hall–Kier alpha value is -0.650. The van der Waals surface area contributed by atoms with Gasteiger partial charge in [0.2, 0.25) is 0 Å².